The highest BCUT2D eigenvalue weighted by Crippen LogP contribution is 2.54. The van der Waals surface area contributed by atoms with Crippen LogP contribution in [0.2, 0.25) is 5.02 Å². The number of hydrogen-bond donors (Lipinski definition) is 12. The highest BCUT2D eigenvalue weighted by atomic mass is 35.5. The van der Waals surface area contributed by atoms with Gasteiger partial charge in [0.25, 0.3) is 0 Å². The molecule has 1 saturated carbocycles. The molecule has 133 heavy (non-hydrogen) atoms. The Morgan fingerprint density at radius 3 is 0.977 bits per heavy atom. The molecule has 0 bridgehead atoms. The quantitative estimate of drug-likeness (QED) is 0.0260. The number of halogens is 1. The van der Waals surface area contributed by atoms with Crippen LogP contribution in [0.5, 0.6) is 51.7 Å². The van der Waals surface area contributed by atoms with Crippen molar-refractivity contribution >= 4 is 79.9 Å². The van der Waals surface area contributed by atoms with Gasteiger partial charge < -0.3 is 151 Å². The Kier molecular flexibility index (Phi) is 25.4. The second-order valence-corrected chi connectivity index (χ2v) is 33.7. The molecule has 9 heterocycles. The summed E-state index contributed by atoms with van der Waals surface area (Å²) in [4.78, 5) is 78.7. The molecule has 0 spiro atoms. The van der Waals surface area contributed by atoms with Crippen molar-refractivity contribution in [2.45, 2.75) is 185 Å². The second kappa shape index (κ2) is 37.2. The Labute approximate surface area is 759 Å². The van der Waals surface area contributed by atoms with E-state index in [2.05, 4.69) is 0 Å². The molecule has 38 heteroatoms. The second-order valence-electron chi connectivity index (χ2n) is 33.3. The van der Waals surface area contributed by atoms with Crippen molar-refractivity contribution in [2.75, 3.05) is 34.5 Å². The SMILES string of the molecule is C[C@H]1OC(Oc2c3c(c(-c4ccc5c(c4)OCO5)c4cc(CO)c(CO)cc24)C(=O)OC3)[C@H](O)[C@@H](OC(=O)C2CC2)[C@@H]1O.C[C@H]1OC(Oc2c3c(c(-c4ccc5c(c4)OCO5)c4cc(CO)c(CO)cc24)C(=O)OC3)[C@H](O)[C@@H](OC(=O)N(C)C)[C@@H]1O.C[C@H]1OC(Oc2c3c(c(-c4ccc5c(c4)OCO5)c4cc(CO)c(CO)cc24)C(=O)OC3)[C@H](O)[C@@H](OC(=O)c2ccc(Cl)cc2)[C@@H]1O. The lowest BCUT2D eigenvalue weighted by Crippen LogP contribution is -2.60. The van der Waals surface area contributed by atoms with Crippen molar-refractivity contribution in [2.24, 2.45) is 5.92 Å². The summed E-state index contributed by atoms with van der Waals surface area (Å²) in [6, 6.07) is 31.5. The van der Waals surface area contributed by atoms with Crippen LogP contribution in [0.15, 0.2) is 115 Å². The van der Waals surface area contributed by atoms with E-state index in [-0.39, 0.29) is 105 Å². The van der Waals surface area contributed by atoms with Gasteiger partial charge in [0.15, 0.2) is 71.1 Å². The van der Waals surface area contributed by atoms with Crippen molar-refractivity contribution in [1.29, 1.82) is 0 Å². The molecule has 0 aromatic heterocycles. The number of nitrogens with zero attached hydrogens (tertiary/aromatic N) is 1. The summed E-state index contributed by atoms with van der Waals surface area (Å²) < 4.78 is 102. The zero-order chi connectivity index (χ0) is 93.5. The maximum Gasteiger partial charge on any atom is 0.409 e. The van der Waals surface area contributed by atoms with E-state index in [0.717, 1.165) is 4.90 Å². The van der Waals surface area contributed by atoms with E-state index in [1.807, 2.05) is 0 Å². The first kappa shape index (κ1) is 91.0. The van der Waals surface area contributed by atoms with Gasteiger partial charge in [-0.05, 0) is 197 Å². The van der Waals surface area contributed by atoms with E-state index >= 15 is 0 Å². The maximum absolute atomic E-state index is 13.3. The van der Waals surface area contributed by atoms with Crippen LogP contribution in [-0.2, 0) is 107 Å². The average Bonchev–Trinajstić information content (AvgIpc) is 1.68. The van der Waals surface area contributed by atoms with E-state index in [9.17, 15) is 90.0 Å². The predicted molar refractivity (Wildman–Crippen MR) is 458 cm³/mol. The first-order valence-corrected chi connectivity index (χ1v) is 42.9. The molecule has 3 unspecified atom stereocenters. The highest BCUT2D eigenvalue weighted by molar-refractivity contribution is 6.30. The number of benzene rings is 10. The van der Waals surface area contributed by atoms with Crippen LogP contribution in [0.3, 0.4) is 0 Å². The highest BCUT2D eigenvalue weighted by Gasteiger charge is 2.52. The Balaban J connectivity index is 0.000000134. The molecule has 9 aliphatic heterocycles. The van der Waals surface area contributed by atoms with Gasteiger partial charge in [0, 0.05) is 68.7 Å². The molecule has 1 amide bonds. The topological polar surface area (TPSA) is 515 Å². The number of carbonyl (C=O) groups excluding carboxylic acids is 6. The Morgan fingerprint density at radius 2 is 0.669 bits per heavy atom. The largest absolute Gasteiger partial charge is 0.461 e. The molecule has 10 aliphatic rings. The zero-order valence-corrected chi connectivity index (χ0v) is 72.4. The lowest BCUT2D eigenvalue weighted by atomic mass is 9.87. The van der Waals surface area contributed by atoms with Crippen molar-refractivity contribution in [3.8, 4) is 85.1 Å². The van der Waals surface area contributed by atoms with Crippen LogP contribution in [0.25, 0.3) is 65.7 Å². The van der Waals surface area contributed by atoms with E-state index in [1.165, 1.54) is 45.3 Å². The molecule has 4 fully saturated rings. The van der Waals surface area contributed by atoms with E-state index in [4.69, 9.17) is 96.9 Å². The molecule has 0 radical (unpaired) electrons. The van der Waals surface area contributed by atoms with Crippen LogP contribution < -0.4 is 42.6 Å². The summed E-state index contributed by atoms with van der Waals surface area (Å²) in [6.45, 7) is 1.98. The minimum absolute atomic E-state index is 0.0494. The van der Waals surface area contributed by atoms with Crippen molar-refractivity contribution in [3.05, 3.63) is 193 Å². The predicted octanol–water partition coefficient (Wildman–Crippen LogP) is 7.48. The number of esters is 5. The van der Waals surface area contributed by atoms with Crippen LogP contribution in [0, 0.1) is 5.92 Å². The number of ether oxygens (including phenoxy) is 18. The van der Waals surface area contributed by atoms with Gasteiger partial charge in [0.2, 0.25) is 39.2 Å². The fraction of sp³-hybridized carbons (Fsp3) is 0.368. The number of rotatable bonds is 20. The third-order valence-electron chi connectivity index (χ3n) is 24.8. The normalized spacial score (nSPS) is 24.3. The van der Waals surface area contributed by atoms with Gasteiger partial charge in [-0.15, -0.1) is 0 Å². The molecule has 12 N–H and O–H groups in total. The van der Waals surface area contributed by atoms with Gasteiger partial charge in [-0.3, -0.25) is 4.79 Å². The fourth-order valence-corrected chi connectivity index (χ4v) is 17.7. The van der Waals surface area contributed by atoms with Gasteiger partial charge in [-0.2, -0.15) is 0 Å². The molecule has 15 atom stereocenters. The molecule has 20 rings (SSSR count). The smallest absolute Gasteiger partial charge is 0.409 e. The Hall–Kier alpha value is -12.5. The van der Waals surface area contributed by atoms with E-state index < -0.39 is 148 Å². The monoisotopic (exact) mass is 1860 g/mol. The lowest BCUT2D eigenvalue weighted by molar-refractivity contribution is -0.273. The summed E-state index contributed by atoms with van der Waals surface area (Å²) in [5, 5.41) is 130. The molecule has 1 aliphatic carbocycles. The molecule has 37 nitrogen and oxygen atoms in total. The number of amides is 1. The van der Waals surface area contributed by atoms with Gasteiger partial charge in [-0.25, -0.2) is 24.0 Å². The third-order valence-corrected chi connectivity index (χ3v) is 25.1. The average molecular weight is 1860 g/mol. The number of carbonyl (C=O) groups is 6. The summed E-state index contributed by atoms with van der Waals surface area (Å²) >= 11 is 5.93. The van der Waals surface area contributed by atoms with Crippen molar-refractivity contribution < 1.29 is 175 Å². The first-order valence-electron chi connectivity index (χ1n) is 42.5. The summed E-state index contributed by atoms with van der Waals surface area (Å²) in [5.74, 6) is 0.115. The molecule has 698 valence electrons. The summed E-state index contributed by atoms with van der Waals surface area (Å²) in [7, 11) is 2.93. The fourth-order valence-electron chi connectivity index (χ4n) is 17.6. The summed E-state index contributed by atoms with van der Waals surface area (Å²) in [6.07, 6.45) is -19.5. The van der Waals surface area contributed by atoms with Crippen LogP contribution in [0.4, 0.5) is 4.79 Å². The number of fused-ring (bicyclic) bond motifs is 9. The first-order chi connectivity index (χ1) is 64.1. The van der Waals surface area contributed by atoms with Gasteiger partial charge in [0.05, 0.1) is 86.1 Å². The van der Waals surface area contributed by atoms with Gasteiger partial charge >= 0.3 is 35.9 Å². The van der Waals surface area contributed by atoms with Crippen LogP contribution in [0.1, 0.15) is 125 Å². The van der Waals surface area contributed by atoms with E-state index in [0.29, 0.717) is 168 Å². The minimum Gasteiger partial charge on any atom is -0.461 e. The van der Waals surface area contributed by atoms with E-state index in [1.54, 1.807) is 105 Å². The number of aliphatic hydroxyl groups excluding tert-OH is 12. The van der Waals surface area contributed by atoms with Crippen LogP contribution in [-0.4, -0.2) is 229 Å². The Bertz CT molecular complexity index is 6090. The van der Waals surface area contributed by atoms with Gasteiger partial charge in [0.1, 0.15) is 55.4 Å². The molecule has 10 aromatic carbocycles. The maximum atomic E-state index is 13.3. The van der Waals surface area contributed by atoms with Crippen molar-refractivity contribution in [1.82, 2.24) is 4.90 Å². The molecule has 10 aromatic rings. The number of cyclic esters (lactones) is 3. The van der Waals surface area contributed by atoms with Gasteiger partial charge in [-0.1, -0.05) is 29.8 Å². The zero-order valence-electron chi connectivity index (χ0n) is 71.6. The van der Waals surface area contributed by atoms with Crippen LogP contribution >= 0.6 is 11.6 Å². The standard InChI is InChI=1S/C34H29ClO12.C31H30O12.C30H31NO12/c1-15-28(38)31(46-32(40)16-2-5-20(35)6-3-16)29(39)34(45-15)47-30-22-9-19(12-37)18(11-36)8-21(22)26(27-23(30)13-42-33(27)41)17-4-7-24-25(10-17)44-14-43-24;1-13-25(34)28(42-29(36)14-2-3-14)26(35)31(41-13)43-27-19-7-17(10-33)16(9-32)6-18(19)23(24-20(27)11-38-30(24)37)15-4-5-21-22(8-15)40-12-39-21;1-13-24(34)27(43-30(37)31(2)3)25(35)29(41-13)42-26-18-7-16(10-33)15(9-32)6-17(18)22(23-19(26)11-38-28(23)36)14-4-5-20-21(8-14)40-12-39-20/h2-10,15,28-29,31,34,36-39H,11-14H2,1H3;4-8,13-14,25-26,28,31-35H,2-3,9-12H2,1H3;4-8,13,24-25,27,29,32-35H,9-12H2,1-3H3/t15-,28-,29-,31+,34?;13-,25-,26-,28+,31?;13-,24-,25-,27+,29?/m111/s1. The minimum atomic E-state index is -1.68. The number of hydrogen-bond acceptors (Lipinski definition) is 36. The summed E-state index contributed by atoms with van der Waals surface area (Å²) in [5.41, 5.74) is 7.67. The third kappa shape index (κ3) is 16.9. The van der Waals surface area contributed by atoms with Crippen molar-refractivity contribution in [3.63, 3.8) is 0 Å². The molecular formula is C95H90ClNO36. The lowest BCUT2D eigenvalue weighted by Gasteiger charge is -2.41. The molecule has 3 saturated heterocycles. The molecular weight excluding hydrogens is 1770 g/mol. The number of aliphatic hydroxyl groups is 12. The Morgan fingerprint density at radius 1 is 0.368 bits per heavy atom.